The van der Waals surface area contributed by atoms with E-state index in [1.807, 2.05) is 0 Å². The van der Waals surface area contributed by atoms with Crippen molar-refractivity contribution in [2.75, 3.05) is 19.8 Å². The summed E-state index contributed by atoms with van der Waals surface area (Å²) in [5.41, 5.74) is 0.271. The molecule has 2 N–H and O–H groups in total. The molecule has 1 heterocycles. The van der Waals surface area contributed by atoms with Crippen molar-refractivity contribution in [2.24, 2.45) is 5.92 Å². The lowest BCUT2D eigenvalue weighted by molar-refractivity contribution is -0.124. The average molecular weight is 291 g/mol. The third kappa shape index (κ3) is 4.13. The van der Waals surface area contributed by atoms with E-state index in [9.17, 15) is 14.4 Å². The molecule has 112 valence electrons. The average Bonchev–Trinajstić information content (AvgIpc) is 2.53. The van der Waals surface area contributed by atoms with E-state index < -0.39 is 11.9 Å². The van der Waals surface area contributed by atoms with Crippen LogP contribution in [0.15, 0.2) is 24.3 Å². The largest absolute Gasteiger partial charge is 0.478 e. The topological polar surface area (TPSA) is 92.7 Å². The number of carbonyl (C=O) groups excluding carboxylic acids is 2. The Kier molecular flexibility index (Phi) is 5.05. The zero-order valence-corrected chi connectivity index (χ0v) is 11.5. The Morgan fingerprint density at radius 3 is 2.52 bits per heavy atom. The summed E-state index contributed by atoms with van der Waals surface area (Å²) in [6.45, 7) is 1.11. The van der Waals surface area contributed by atoms with Crippen molar-refractivity contribution in [3.63, 3.8) is 0 Å². The molecule has 1 fully saturated rings. The highest BCUT2D eigenvalue weighted by Crippen LogP contribution is 2.15. The fourth-order valence-electron chi connectivity index (χ4n) is 2.23. The molecule has 0 spiro atoms. The first-order chi connectivity index (χ1) is 10.1. The minimum Gasteiger partial charge on any atom is -0.478 e. The Morgan fingerprint density at radius 2 is 1.86 bits per heavy atom. The van der Waals surface area contributed by atoms with E-state index in [0.717, 1.165) is 0 Å². The van der Waals surface area contributed by atoms with Crippen molar-refractivity contribution in [1.82, 2.24) is 5.32 Å². The van der Waals surface area contributed by atoms with Crippen LogP contribution >= 0.6 is 0 Å². The van der Waals surface area contributed by atoms with E-state index in [1.54, 1.807) is 0 Å². The van der Waals surface area contributed by atoms with Crippen molar-refractivity contribution < 1.29 is 24.2 Å². The van der Waals surface area contributed by atoms with Crippen LogP contribution in [0.5, 0.6) is 0 Å². The highest BCUT2D eigenvalue weighted by molar-refractivity contribution is 5.99. The molecule has 0 aromatic heterocycles. The summed E-state index contributed by atoms with van der Waals surface area (Å²) in [5.74, 6) is -1.62. The Morgan fingerprint density at radius 1 is 1.19 bits per heavy atom. The number of hydrogen-bond acceptors (Lipinski definition) is 4. The van der Waals surface area contributed by atoms with Gasteiger partial charge in [-0.2, -0.15) is 0 Å². The monoisotopic (exact) mass is 291 g/mol. The fourth-order valence-corrected chi connectivity index (χ4v) is 2.23. The van der Waals surface area contributed by atoms with Crippen LogP contribution in [0.3, 0.4) is 0 Å². The lowest BCUT2D eigenvalue weighted by atomic mass is 9.95. The van der Waals surface area contributed by atoms with Crippen molar-refractivity contribution in [1.29, 1.82) is 0 Å². The quantitative estimate of drug-likeness (QED) is 0.847. The lowest BCUT2D eigenvalue weighted by Crippen LogP contribution is -2.35. The van der Waals surface area contributed by atoms with Crippen molar-refractivity contribution in [3.8, 4) is 0 Å². The number of ether oxygens (including phenoxy) is 1. The molecule has 21 heavy (non-hydrogen) atoms. The zero-order chi connectivity index (χ0) is 15.2. The molecule has 0 radical (unpaired) electrons. The van der Waals surface area contributed by atoms with Gasteiger partial charge in [-0.1, -0.05) is 6.07 Å². The first-order valence-electron chi connectivity index (χ1n) is 6.80. The zero-order valence-electron chi connectivity index (χ0n) is 11.5. The number of hydrogen-bond donors (Lipinski definition) is 2. The second-order valence-electron chi connectivity index (χ2n) is 4.92. The number of carboxylic acid groups (broad SMARTS) is 1. The van der Waals surface area contributed by atoms with Gasteiger partial charge in [-0.05, 0) is 31.0 Å². The smallest absolute Gasteiger partial charge is 0.335 e. The van der Waals surface area contributed by atoms with Crippen LogP contribution in [0, 0.1) is 5.92 Å². The lowest BCUT2D eigenvalue weighted by Gasteiger charge is -2.20. The first kappa shape index (κ1) is 15.2. The molecule has 2 rings (SSSR count). The van der Waals surface area contributed by atoms with E-state index in [1.165, 1.54) is 24.3 Å². The molecule has 1 aliphatic rings. The van der Waals surface area contributed by atoms with Gasteiger partial charge in [-0.15, -0.1) is 0 Å². The van der Waals surface area contributed by atoms with Gasteiger partial charge < -0.3 is 15.2 Å². The summed E-state index contributed by atoms with van der Waals surface area (Å²) >= 11 is 0. The van der Waals surface area contributed by atoms with Crippen LogP contribution in [0.1, 0.15) is 33.6 Å². The molecular formula is C15H17NO5. The van der Waals surface area contributed by atoms with Crippen molar-refractivity contribution >= 4 is 17.7 Å². The third-order valence-corrected chi connectivity index (χ3v) is 3.47. The second-order valence-corrected chi connectivity index (χ2v) is 4.92. The summed E-state index contributed by atoms with van der Waals surface area (Å²) in [7, 11) is 0. The summed E-state index contributed by atoms with van der Waals surface area (Å²) in [4.78, 5) is 34.7. The minimum absolute atomic E-state index is 0.0129. The predicted octanol–water partition coefficient (Wildman–Crippen LogP) is 1.11. The van der Waals surface area contributed by atoms with E-state index in [2.05, 4.69) is 5.32 Å². The minimum atomic E-state index is -1.09. The highest BCUT2D eigenvalue weighted by atomic mass is 16.5. The van der Waals surface area contributed by atoms with Crippen LogP contribution < -0.4 is 5.32 Å². The molecule has 1 aromatic carbocycles. The maximum atomic E-state index is 11.9. The van der Waals surface area contributed by atoms with E-state index in [-0.39, 0.29) is 29.4 Å². The number of carboxylic acids is 1. The van der Waals surface area contributed by atoms with Gasteiger partial charge in [0.25, 0.3) is 5.91 Å². The molecule has 1 aromatic rings. The Hall–Kier alpha value is -2.21. The number of rotatable bonds is 5. The molecule has 0 unspecified atom stereocenters. The van der Waals surface area contributed by atoms with E-state index in [4.69, 9.17) is 9.84 Å². The molecule has 6 nitrogen and oxygen atoms in total. The van der Waals surface area contributed by atoms with Crippen LogP contribution in [0.4, 0.5) is 0 Å². The van der Waals surface area contributed by atoms with Crippen molar-refractivity contribution in [2.45, 2.75) is 12.8 Å². The maximum Gasteiger partial charge on any atom is 0.335 e. The number of nitrogens with one attached hydrogen (secondary N) is 1. The van der Waals surface area contributed by atoms with Gasteiger partial charge in [0.2, 0.25) is 0 Å². The molecule has 0 atom stereocenters. The SMILES string of the molecule is O=C(O)c1cccc(C(=O)NCC(=O)C2CCOCC2)c1. The number of amides is 1. The molecule has 0 saturated carbocycles. The highest BCUT2D eigenvalue weighted by Gasteiger charge is 2.21. The number of benzene rings is 1. The molecule has 1 aliphatic heterocycles. The molecule has 1 amide bonds. The molecule has 0 aliphatic carbocycles. The van der Waals surface area contributed by atoms with Crippen LogP contribution in [-0.4, -0.2) is 42.5 Å². The Bertz CT molecular complexity index is 549. The first-order valence-corrected chi connectivity index (χ1v) is 6.80. The normalized spacial score (nSPS) is 15.4. The van der Waals surface area contributed by atoms with Gasteiger partial charge in [-0.25, -0.2) is 4.79 Å². The number of ketones is 1. The predicted molar refractivity (Wildman–Crippen MR) is 74.3 cm³/mol. The molecule has 1 saturated heterocycles. The van der Waals surface area contributed by atoms with Crippen LogP contribution in [0.2, 0.25) is 0 Å². The fraction of sp³-hybridized carbons (Fsp3) is 0.400. The molecule has 0 bridgehead atoms. The van der Waals surface area contributed by atoms with Crippen molar-refractivity contribution in [3.05, 3.63) is 35.4 Å². The van der Waals surface area contributed by atoms with Gasteiger partial charge in [-0.3, -0.25) is 9.59 Å². The molecule has 6 heteroatoms. The standard InChI is InChI=1S/C15H17NO5/c17-13(10-4-6-21-7-5-10)9-16-14(18)11-2-1-3-12(8-11)15(19)20/h1-3,8,10H,4-7,9H2,(H,16,18)(H,19,20). The van der Waals surface area contributed by atoms with Gasteiger partial charge in [0.15, 0.2) is 5.78 Å². The summed E-state index contributed by atoms with van der Waals surface area (Å²) in [6.07, 6.45) is 1.37. The summed E-state index contributed by atoms with van der Waals surface area (Å²) in [6, 6.07) is 5.71. The second kappa shape index (κ2) is 6.99. The third-order valence-electron chi connectivity index (χ3n) is 3.47. The number of Topliss-reactive ketones (excluding diaryl/α,β-unsaturated/α-hetero) is 1. The van der Waals surface area contributed by atoms with E-state index in [0.29, 0.717) is 26.1 Å². The number of aromatic carboxylic acids is 1. The van der Waals surface area contributed by atoms with Gasteiger partial charge >= 0.3 is 5.97 Å². The Labute approximate surface area is 122 Å². The molecular weight excluding hydrogens is 274 g/mol. The Balaban J connectivity index is 1.90. The summed E-state index contributed by atoms with van der Waals surface area (Å²) < 4.78 is 5.19. The van der Waals surface area contributed by atoms with Gasteiger partial charge in [0.05, 0.1) is 12.1 Å². The van der Waals surface area contributed by atoms with Gasteiger partial charge in [0, 0.05) is 24.7 Å². The van der Waals surface area contributed by atoms with Crippen LogP contribution in [-0.2, 0) is 9.53 Å². The van der Waals surface area contributed by atoms with Gasteiger partial charge in [0.1, 0.15) is 0 Å². The maximum absolute atomic E-state index is 11.9. The summed E-state index contributed by atoms with van der Waals surface area (Å²) in [5, 5.41) is 11.4. The van der Waals surface area contributed by atoms with Crippen LogP contribution in [0.25, 0.3) is 0 Å². The van der Waals surface area contributed by atoms with E-state index >= 15 is 0 Å². The number of carbonyl (C=O) groups is 3.